The summed E-state index contributed by atoms with van der Waals surface area (Å²) in [6, 6.07) is 7.11. The van der Waals surface area contributed by atoms with Gasteiger partial charge >= 0.3 is 6.01 Å². The second kappa shape index (κ2) is 12.6. The number of anilines is 1. The van der Waals surface area contributed by atoms with E-state index in [0.717, 1.165) is 19.4 Å². The number of hydrogen-bond donors (Lipinski definition) is 1. The quantitative estimate of drug-likeness (QED) is 0.156. The minimum Gasteiger partial charge on any atom is -0.468 e. The van der Waals surface area contributed by atoms with Gasteiger partial charge in [-0.3, -0.25) is 4.90 Å². The molecule has 0 saturated carbocycles. The van der Waals surface area contributed by atoms with Crippen LogP contribution >= 0.6 is 0 Å². The smallest absolute Gasteiger partial charge is 0.319 e. The largest absolute Gasteiger partial charge is 0.468 e. The molecule has 1 aromatic heterocycles. The Morgan fingerprint density at radius 2 is 1.83 bits per heavy atom. The van der Waals surface area contributed by atoms with E-state index in [-0.39, 0.29) is 60.4 Å². The summed E-state index contributed by atoms with van der Waals surface area (Å²) in [5.41, 5.74) is -1.70. The number of nitrogens with zero attached hydrogens (tertiary/aromatic N) is 4. The van der Waals surface area contributed by atoms with E-state index in [2.05, 4.69) is 14.9 Å². The zero-order valence-corrected chi connectivity index (χ0v) is 27.4. The lowest BCUT2D eigenvalue weighted by atomic mass is 9.91. The molecule has 1 N–H and O–H groups in total. The number of piperidine rings is 1. The number of benzene rings is 3. The molecule has 12 heteroatoms. The molecule has 0 amide bonds. The fraction of sp³-hybridized carbons (Fsp3) is 0.500. The number of ether oxygens (including phenoxy) is 3. The number of methoxy groups -OCH3 is 1. The van der Waals surface area contributed by atoms with Crippen LogP contribution in [0.5, 0.6) is 11.8 Å². The van der Waals surface area contributed by atoms with Gasteiger partial charge in [0, 0.05) is 38.6 Å². The molecule has 4 heterocycles. The van der Waals surface area contributed by atoms with E-state index in [0.29, 0.717) is 48.7 Å². The van der Waals surface area contributed by atoms with Crippen molar-refractivity contribution in [3.8, 4) is 22.9 Å². The van der Waals surface area contributed by atoms with E-state index < -0.39 is 40.3 Å². The van der Waals surface area contributed by atoms with Gasteiger partial charge in [0.2, 0.25) is 0 Å². The third-order valence-corrected chi connectivity index (χ3v) is 10.2. The van der Waals surface area contributed by atoms with E-state index in [4.69, 9.17) is 14.2 Å². The molecule has 0 aliphatic carbocycles. The number of aliphatic hydroxyl groups is 1. The highest BCUT2D eigenvalue weighted by atomic mass is 19.1. The van der Waals surface area contributed by atoms with Crippen LogP contribution in [-0.2, 0) is 11.2 Å². The Bertz CT molecular complexity index is 1870. The van der Waals surface area contributed by atoms with Crippen molar-refractivity contribution in [3.63, 3.8) is 0 Å². The molecule has 0 spiro atoms. The van der Waals surface area contributed by atoms with Crippen LogP contribution in [-0.4, -0.2) is 84.0 Å². The number of aromatic nitrogens is 2. The fourth-order valence-electron chi connectivity index (χ4n) is 8.00. The molecular weight excluding hydrogens is 628 g/mol. The van der Waals surface area contributed by atoms with Crippen molar-refractivity contribution in [2.75, 3.05) is 51.6 Å². The van der Waals surface area contributed by atoms with Crippen LogP contribution in [0.1, 0.15) is 51.5 Å². The molecule has 48 heavy (non-hydrogen) atoms. The molecule has 8 nitrogen and oxygen atoms in total. The van der Waals surface area contributed by atoms with Gasteiger partial charge in [-0.15, -0.1) is 0 Å². The fourth-order valence-corrected chi connectivity index (χ4v) is 8.00. The molecule has 0 unspecified atom stereocenters. The zero-order valence-electron chi connectivity index (χ0n) is 27.4. The Hall–Kier alpha value is -3.74. The number of β-amino-alcohol motifs (C(OH)–C–C–N with tert-alkyl or cyclic N) is 1. The summed E-state index contributed by atoms with van der Waals surface area (Å²) >= 11 is 0. The zero-order chi connectivity index (χ0) is 33.8. The van der Waals surface area contributed by atoms with E-state index in [1.807, 2.05) is 0 Å². The van der Waals surface area contributed by atoms with Crippen molar-refractivity contribution in [2.24, 2.45) is 0 Å². The Labute approximate surface area is 276 Å². The van der Waals surface area contributed by atoms with Crippen molar-refractivity contribution < 1.29 is 36.9 Å². The molecule has 0 radical (unpaired) electrons. The van der Waals surface area contributed by atoms with Crippen LogP contribution in [0.15, 0.2) is 30.3 Å². The second-order valence-electron chi connectivity index (χ2n) is 13.7. The number of aryl methyl sites for hydroxylation is 1. The minimum atomic E-state index is -1.04. The number of alkyl halides is 1. The van der Waals surface area contributed by atoms with Gasteiger partial charge in [0.25, 0.3) is 0 Å². The highest BCUT2D eigenvalue weighted by Gasteiger charge is 2.49. The predicted octanol–water partition coefficient (Wildman–Crippen LogP) is 6.72. The first kappa shape index (κ1) is 32.8. The van der Waals surface area contributed by atoms with Crippen molar-refractivity contribution in [3.05, 3.63) is 53.3 Å². The van der Waals surface area contributed by atoms with Gasteiger partial charge < -0.3 is 24.2 Å². The van der Waals surface area contributed by atoms with Crippen LogP contribution in [0, 0.1) is 17.5 Å². The summed E-state index contributed by atoms with van der Waals surface area (Å²) in [7, 11) is 1.46. The number of halogens is 4. The summed E-state index contributed by atoms with van der Waals surface area (Å²) in [5, 5.41) is 11.9. The maximum absolute atomic E-state index is 17.1. The molecule has 3 saturated heterocycles. The first-order valence-electron chi connectivity index (χ1n) is 16.6. The van der Waals surface area contributed by atoms with Gasteiger partial charge in [-0.25, -0.2) is 17.6 Å². The van der Waals surface area contributed by atoms with Gasteiger partial charge in [-0.2, -0.15) is 9.97 Å². The topological polar surface area (TPSA) is 80.2 Å². The van der Waals surface area contributed by atoms with E-state index >= 15 is 13.2 Å². The molecule has 0 bridgehead atoms. The molecule has 3 aliphatic rings. The van der Waals surface area contributed by atoms with Gasteiger partial charge in [-0.1, -0.05) is 13.0 Å². The Kier molecular flexibility index (Phi) is 8.62. The lowest BCUT2D eigenvalue weighted by Crippen LogP contribution is -2.46. The van der Waals surface area contributed by atoms with Gasteiger partial charge in [0.15, 0.2) is 12.6 Å². The molecule has 3 atom stereocenters. The highest BCUT2D eigenvalue weighted by molar-refractivity contribution is 6.03. The van der Waals surface area contributed by atoms with Gasteiger partial charge in [-0.05, 0) is 91.7 Å². The maximum atomic E-state index is 17.1. The molecule has 3 aliphatic heterocycles. The lowest BCUT2D eigenvalue weighted by Gasteiger charge is -2.38. The van der Waals surface area contributed by atoms with Crippen molar-refractivity contribution in [1.29, 1.82) is 0 Å². The van der Waals surface area contributed by atoms with Gasteiger partial charge in [0.1, 0.15) is 41.5 Å². The average Bonchev–Trinajstić information content (AvgIpc) is 3.58. The van der Waals surface area contributed by atoms with E-state index in [1.54, 1.807) is 30.9 Å². The number of fused-ring (bicyclic) bond motifs is 3. The van der Waals surface area contributed by atoms with Crippen LogP contribution in [0.4, 0.5) is 23.4 Å². The SMILES string of the molecule is CCc1c(F)ccc2cc(OCOC)cc(-c3c(F)cc4c(N5CCC[C@@](C)(O)C5)nc(OC[C@@]56CCCN5C[C@H](F)C6)nc4c3F)c12. The molecule has 4 aromatic rings. The number of hydrogen-bond acceptors (Lipinski definition) is 8. The summed E-state index contributed by atoms with van der Waals surface area (Å²) in [6.07, 6.45) is 2.53. The summed E-state index contributed by atoms with van der Waals surface area (Å²) in [4.78, 5) is 13.0. The van der Waals surface area contributed by atoms with Gasteiger partial charge in [0.05, 0.1) is 16.7 Å². The van der Waals surface area contributed by atoms with Crippen molar-refractivity contribution in [1.82, 2.24) is 14.9 Å². The van der Waals surface area contributed by atoms with Crippen LogP contribution in [0.2, 0.25) is 0 Å². The van der Waals surface area contributed by atoms with E-state index in [9.17, 15) is 9.50 Å². The molecule has 7 rings (SSSR count). The Morgan fingerprint density at radius 3 is 2.60 bits per heavy atom. The van der Waals surface area contributed by atoms with Crippen LogP contribution < -0.4 is 14.4 Å². The first-order chi connectivity index (χ1) is 23.0. The molecule has 256 valence electrons. The first-order valence-corrected chi connectivity index (χ1v) is 16.6. The predicted molar refractivity (Wildman–Crippen MR) is 175 cm³/mol. The van der Waals surface area contributed by atoms with E-state index in [1.165, 1.54) is 25.3 Å². The standard InChI is InChI=1S/C36H40F4N4O4/c1-4-24-27(38)8-7-21-13-23(48-20-46-3)14-25(29(21)24)30-28(39)15-26-32(31(30)40)41-34(42-33(26)43-11-5-9-35(2,45)18-43)47-19-36-10-6-12-44(36)17-22(37)16-36/h7-8,13-15,22,45H,4-6,9-12,16-20H2,1-3H3/t22-,35-,36+/m1/s1. The summed E-state index contributed by atoms with van der Waals surface area (Å²) < 4.78 is 80.1. The third-order valence-electron chi connectivity index (χ3n) is 10.2. The van der Waals surface area contributed by atoms with Crippen LogP contribution in [0.25, 0.3) is 32.8 Å². The molecule has 3 aromatic carbocycles. The van der Waals surface area contributed by atoms with Crippen molar-refractivity contribution in [2.45, 2.75) is 69.7 Å². The summed E-state index contributed by atoms with van der Waals surface area (Å²) in [6.45, 7) is 5.31. The molecular formula is C36H40F4N4O4. The summed E-state index contributed by atoms with van der Waals surface area (Å²) in [5.74, 6) is -1.82. The minimum absolute atomic E-state index is 0.103. The normalized spacial score (nSPS) is 24.5. The number of rotatable bonds is 9. The maximum Gasteiger partial charge on any atom is 0.319 e. The molecule has 3 fully saturated rings. The Balaban J connectivity index is 1.42. The average molecular weight is 669 g/mol. The monoisotopic (exact) mass is 668 g/mol. The third kappa shape index (κ3) is 5.81. The van der Waals surface area contributed by atoms with Crippen LogP contribution in [0.3, 0.4) is 0 Å². The Morgan fingerprint density at radius 1 is 1.02 bits per heavy atom. The lowest BCUT2D eigenvalue weighted by molar-refractivity contribution is 0.0447. The highest BCUT2D eigenvalue weighted by Crippen LogP contribution is 2.44. The van der Waals surface area contributed by atoms with Crippen molar-refractivity contribution >= 4 is 27.5 Å². The second-order valence-corrected chi connectivity index (χ2v) is 13.7.